The Morgan fingerprint density at radius 2 is 1.93 bits per heavy atom. The molecule has 1 aromatic carbocycles. The second-order valence-corrected chi connectivity index (χ2v) is 7.72. The van der Waals surface area contributed by atoms with Gasteiger partial charge in [-0.1, -0.05) is 19.4 Å². The molecule has 2 rings (SSSR count). The van der Waals surface area contributed by atoms with E-state index in [1.807, 2.05) is 39.0 Å². The van der Waals surface area contributed by atoms with Crippen molar-refractivity contribution in [2.45, 2.75) is 52.0 Å². The Morgan fingerprint density at radius 3 is 2.54 bits per heavy atom. The van der Waals surface area contributed by atoms with Gasteiger partial charge in [0.15, 0.2) is 5.69 Å². The zero-order valence-corrected chi connectivity index (χ0v) is 17.7. The number of amides is 1. The molecule has 7 nitrogen and oxygen atoms in total. The Hall–Kier alpha value is -2.48. The molecular formula is C20H28N4O3S. The Kier molecular flexibility index (Phi) is 7.51. The second kappa shape index (κ2) is 9.64. The highest BCUT2D eigenvalue weighted by atomic mass is 32.2. The lowest BCUT2D eigenvalue weighted by atomic mass is 10.1. The van der Waals surface area contributed by atoms with E-state index < -0.39 is 11.2 Å². The molecule has 0 aliphatic carbocycles. The molecule has 0 saturated heterocycles. The van der Waals surface area contributed by atoms with Crippen molar-refractivity contribution < 1.29 is 4.79 Å². The maximum absolute atomic E-state index is 12.8. The number of H-pyrrole nitrogens is 1. The monoisotopic (exact) mass is 404 g/mol. The number of aromatic nitrogens is 2. The topological polar surface area (TPSA) is 101 Å². The molecule has 0 fully saturated rings. The van der Waals surface area contributed by atoms with Gasteiger partial charge in [-0.3, -0.25) is 19.1 Å². The maximum atomic E-state index is 12.8. The van der Waals surface area contributed by atoms with E-state index in [4.69, 9.17) is 5.73 Å². The number of nitrogens with zero attached hydrogens (tertiary/aromatic N) is 2. The highest BCUT2D eigenvalue weighted by Gasteiger charge is 2.23. The summed E-state index contributed by atoms with van der Waals surface area (Å²) in [5.41, 5.74) is 7.34. The number of nitrogens with one attached hydrogen (secondary N) is 1. The van der Waals surface area contributed by atoms with Crippen LogP contribution < -0.4 is 21.9 Å². The number of nitrogens with two attached hydrogens (primary N) is 1. The molecule has 0 unspecified atom stereocenters. The smallest absolute Gasteiger partial charge is 0.330 e. The molecule has 1 heterocycles. The third-order valence-electron chi connectivity index (χ3n) is 4.68. The summed E-state index contributed by atoms with van der Waals surface area (Å²) in [7, 11) is 0. The Bertz CT molecular complexity index is 965. The van der Waals surface area contributed by atoms with Crippen molar-refractivity contribution in [3.8, 4) is 0 Å². The summed E-state index contributed by atoms with van der Waals surface area (Å²) in [5.74, 6) is -0.0271. The number of aryl methyl sites for hydroxylation is 2. The number of benzene rings is 1. The highest BCUT2D eigenvalue weighted by molar-refractivity contribution is 8.00. The Balaban J connectivity index is 2.28. The summed E-state index contributed by atoms with van der Waals surface area (Å²) in [6.07, 6.45) is 1.63. The van der Waals surface area contributed by atoms with Gasteiger partial charge < -0.3 is 10.6 Å². The lowest BCUT2D eigenvalue weighted by Gasteiger charge is -2.23. The van der Waals surface area contributed by atoms with Gasteiger partial charge in [-0.2, -0.15) is 0 Å². The molecule has 0 aliphatic heterocycles. The van der Waals surface area contributed by atoms with Crippen LogP contribution in [0.2, 0.25) is 0 Å². The van der Waals surface area contributed by atoms with E-state index in [2.05, 4.69) is 4.98 Å². The van der Waals surface area contributed by atoms with Crippen LogP contribution in [0.3, 0.4) is 0 Å². The van der Waals surface area contributed by atoms with E-state index in [0.29, 0.717) is 6.54 Å². The highest BCUT2D eigenvalue weighted by Crippen LogP contribution is 2.23. The number of aromatic amines is 1. The Morgan fingerprint density at radius 1 is 1.21 bits per heavy atom. The molecule has 1 amide bonds. The van der Waals surface area contributed by atoms with Crippen LogP contribution in [0.5, 0.6) is 0 Å². The van der Waals surface area contributed by atoms with Crippen LogP contribution in [0.1, 0.15) is 37.8 Å². The van der Waals surface area contributed by atoms with Gasteiger partial charge in [0.25, 0.3) is 5.56 Å². The molecule has 1 aromatic heterocycles. The molecule has 0 saturated carbocycles. The van der Waals surface area contributed by atoms with Gasteiger partial charge in [-0.05, 0) is 50.5 Å². The SMILES string of the molecule is CCCCn1c(N)c(N(CC)C(=O)CSc2ccc(C)c(C)c2)c(=O)[nH]c1=O. The van der Waals surface area contributed by atoms with Crippen LogP contribution >= 0.6 is 11.8 Å². The number of rotatable bonds is 8. The van der Waals surface area contributed by atoms with Gasteiger partial charge in [0.2, 0.25) is 5.91 Å². The molecular weight excluding hydrogens is 376 g/mol. The predicted octanol–water partition coefficient (Wildman–Crippen LogP) is 2.68. The van der Waals surface area contributed by atoms with E-state index in [9.17, 15) is 14.4 Å². The molecule has 2 aromatic rings. The predicted molar refractivity (Wildman–Crippen MR) is 115 cm³/mol. The summed E-state index contributed by atoms with van der Waals surface area (Å²) in [6, 6.07) is 6.03. The number of carbonyl (C=O) groups is 1. The molecule has 28 heavy (non-hydrogen) atoms. The van der Waals surface area contributed by atoms with E-state index in [-0.39, 0.29) is 29.7 Å². The van der Waals surface area contributed by atoms with Gasteiger partial charge in [0.05, 0.1) is 5.75 Å². The third-order valence-corrected chi connectivity index (χ3v) is 5.66. The lowest BCUT2D eigenvalue weighted by Crippen LogP contribution is -2.41. The lowest BCUT2D eigenvalue weighted by molar-refractivity contribution is -0.116. The molecule has 0 spiro atoms. The number of thioether (sulfide) groups is 1. The first-order valence-electron chi connectivity index (χ1n) is 9.43. The van der Waals surface area contributed by atoms with Gasteiger partial charge in [0, 0.05) is 18.0 Å². The van der Waals surface area contributed by atoms with Crippen LogP contribution in [0, 0.1) is 13.8 Å². The fraction of sp³-hybridized carbons (Fsp3) is 0.450. The van der Waals surface area contributed by atoms with Crippen molar-refractivity contribution in [3.63, 3.8) is 0 Å². The fourth-order valence-corrected chi connectivity index (χ4v) is 3.73. The first-order valence-corrected chi connectivity index (χ1v) is 10.4. The van der Waals surface area contributed by atoms with Crippen molar-refractivity contribution in [1.82, 2.24) is 9.55 Å². The minimum Gasteiger partial charge on any atom is -0.383 e. The van der Waals surface area contributed by atoms with Gasteiger partial charge in [-0.15, -0.1) is 11.8 Å². The average molecular weight is 405 g/mol. The van der Waals surface area contributed by atoms with Crippen LogP contribution in [-0.4, -0.2) is 27.8 Å². The molecule has 0 bridgehead atoms. The number of hydrogen-bond acceptors (Lipinski definition) is 5. The largest absolute Gasteiger partial charge is 0.383 e. The number of carbonyl (C=O) groups excluding carboxylic acids is 1. The molecule has 8 heteroatoms. The molecule has 152 valence electrons. The molecule has 0 radical (unpaired) electrons. The van der Waals surface area contributed by atoms with Crippen molar-refractivity contribution in [2.24, 2.45) is 0 Å². The van der Waals surface area contributed by atoms with E-state index >= 15 is 0 Å². The summed E-state index contributed by atoms with van der Waals surface area (Å²) < 4.78 is 1.33. The van der Waals surface area contributed by atoms with E-state index in [0.717, 1.165) is 23.3 Å². The van der Waals surface area contributed by atoms with Crippen molar-refractivity contribution in [2.75, 3.05) is 22.9 Å². The van der Waals surface area contributed by atoms with Crippen LogP contribution in [0.4, 0.5) is 11.5 Å². The van der Waals surface area contributed by atoms with Crippen molar-refractivity contribution >= 4 is 29.2 Å². The fourth-order valence-electron chi connectivity index (χ4n) is 2.86. The number of nitrogen functional groups attached to an aromatic ring is 1. The first kappa shape index (κ1) is 21.8. The number of hydrogen-bond donors (Lipinski definition) is 2. The van der Waals surface area contributed by atoms with E-state index in [1.54, 1.807) is 6.92 Å². The number of unbranched alkanes of at least 4 members (excludes halogenated alkanes) is 1. The van der Waals surface area contributed by atoms with Gasteiger partial charge >= 0.3 is 5.69 Å². The van der Waals surface area contributed by atoms with Crippen LogP contribution in [0.15, 0.2) is 32.7 Å². The van der Waals surface area contributed by atoms with Crippen molar-refractivity contribution in [3.05, 3.63) is 50.2 Å². The minimum absolute atomic E-state index is 0.0357. The summed E-state index contributed by atoms with van der Waals surface area (Å²) in [5, 5.41) is 0. The standard InChI is InChI=1S/C20H28N4O3S/c1-5-7-10-24-18(21)17(19(26)22-20(24)27)23(6-2)16(25)12-28-15-9-8-13(3)14(4)11-15/h8-9,11H,5-7,10,12,21H2,1-4H3,(H,22,26,27). The van der Waals surface area contributed by atoms with Gasteiger partial charge in [0.1, 0.15) is 5.82 Å². The van der Waals surface area contributed by atoms with E-state index in [1.165, 1.54) is 26.8 Å². The minimum atomic E-state index is -0.637. The van der Waals surface area contributed by atoms with Crippen LogP contribution in [-0.2, 0) is 11.3 Å². The molecule has 0 atom stereocenters. The Labute approximate surface area is 168 Å². The zero-order chi connectivity index (χ0) is 20.8. The maximum Gasteiger partial charge on any atom is 0.330 e. The van der Waals surface area contributed by atoms with Crippen LogP contribution in [0.25, 0.3) is 0 Å². The number of anilines is 2. The molecule has 0 aliphatic rings. The summed E-state index contributed by atoms with van der Waals surface area (Å²) in [6.45, 7) is 8.52. The zero-order valence-electron chi connectivity index (χ0n) is 16.9. The second-order valence-electron chi connectivity index (χ2n) is 6.67. The quantitative estimate of drug-likeness (QED) is 0.659. The average Bonchev–Trinajstić information content (AvgIpc) is 2.65. The third kappa shape index (κ3) is 4.86. The normalized spacial score (nSPS) is 10.9. The summed E-state index contributed by atoms with van der Waals surface area (Å²) >= 11 is 1.41. The van der Waals surface area contributed by atoms with Gasteiger partial charge in [-0.25, -0.2) is 4.79 Å². The first-order chi connectivity index (χ1) is 13.3. The van der Waals surface area contributed by atoms with Crippen molar-refractivity contribution in [1.29, 1.82) is 0 Å². The molecule has 3 N–H and O–H groups in total. The summed E-state index contributed by atoms with van der Waals surface area (Å²) in [4.78, 5) is 41.9.